The number of hydrogen-bond donors (Lipinski definition) is 3. The standard InChI is InChI=1S/C25H25N5O3/c1-17(31)28-20-8-4-9-21(14-20)29-25(33)24(32)27-16-23(19-7-5-12-26-15-19)30-13-11-18-6-2-3-10-22(18)30/h2-10,12,14-15,23H,11,13,16H2,1H3,(H,27,32)(H,28,31)(H,29,33)/t23-/m1/s1. The number of carbonyl (C=O) groups is 3. The van der Waals surface area contributed by atoms with Crippen LogP contribution in [-0.4, -0.2) is 35.8 Å². The minimum absolute atomic E-state index is 0.165. The van der Waals surface area contributed by atoms with Crippen LogP contribution in [0.1, 0.15) is 24.1 Å². The predicted octanol–water partition coefficient (Wildman–Crippen LogP) is 2.90. The molecule has 1 aliphatic heterocycles. The van der Waals surface area contributed by atoms with E-state index < -0.39 is 11.8 Å². The third-order valence-corrected chi connectivity index (χ3v) is 5.47. The van der Waals surface area contributed by atoms with Crippen molar-refractivity contribution in [2.24, 2.45) is 0 Å². The molecule has 0 spiro atoms. The molecule has 0 saturated heterocycles. The summed E-state index contributed by atoms with van der Waals surface area (Å²) < 4.78 is 0. The Morgan fingerprint density at radius 3 is 2.52 bits per heavy atom. The number of aromatic nitrogens is 1. The zero-order valence-electron chi connectivity index (χ0n) is 18.2. The average molecular weight is 444 g/mol. The van der Waals surface area contributed by atoms with Gasteiger partial charge in [0.15, 0.2) is 0 Å². The summed E-state index contributed by atoms with van der Waals surface area (Å²) in [4.78, 5) is 42.8. The first-order valence-electron chi connectivity index (χ1n) is 10.7. The second kappa shape index (κ2) is 9.95. The number of fused-ring (bicyclic) bond motifs is 1. The van der Waals surface area contributed by atoms with Gasteiger partial charge in [0.1, 0.15) is 0 Å². The average Bonchev–Trinajstić information content (AvgIpc) is 3.23. The van der Waals surface area contributed by atoms with Crippen molar-refractivity contribution in [3.05, 3.63) is 84.2 Å². The molecule has 168 valence electrons. The number of para-hydroxylation sites is 1. The monoisotopic (exact) mass is 443 g/mol. The highest BCUT2D eigenvalue weighted by Crippen LogP contribution is 2.34. The fourth-order valence-corrected chi connectivity index (χ4v) is 4.00. The summed E-state index contributed by atoms with van der Waals surface area (Å²) in [6.45, 7) is 2.46. The van der Waals surface area contributed by atoms with Gasteiger partial charge in [-0.2, -0.15) is 0 Å². The molecule has 2 heterocycles. The maximum Gasteiger partial charge on any atom is 0.313 e. The maximum absolute atomic E-state index is 12.6. The van der Waals surface area contributed by atoms with E-state index in [1.54, 1.807) is 36.7 Å². The molecule has 0 bridgehead atoms. The number of pyridine rings is 1. The van der Waals surface area contributed by atoms with Crippen LogP contribution in [-0.2, 0) is 20.8 Å². The van der Waals surface area contributed by atoms with E-state index in [-0.39, 0.29) is 18.5 Å². The van der Waals surface area contributed by atoms with E-state index in [2.05, 4.69) is 38.0 Å². The number of nitrogens with zero attached hydrogens (tertiary/aromatic N) is 2. The molecular weight excluding hydrogens is 418 g/mol. The number of amides is 3. The first-order valence-corrected chi connectivity index (χ1v) is 10.7. The van der Waals surface area contributed by atoms with Gasteiger partial charge in [-0.1, -0.05) is 30.3 Å². The number of rotatable bonds is 6. The molecule has 1 aliphatic rings. The molecule has 2 aromatic carbocycles. The van der Waals surface area contributed by atoms with E-state index in [1.165, 1.54) is 12.5 Å². The van der Waals surface area contributed by atoms with Gasteiger partial charge in [-0.3, -0.25) is 19.4 Å². The van der Waals surface area contributed by atoms with E-state index in [9.17, 15) is 14.4 Å². The Morgan fingerprint density at radius 1 is 0.970 bits per heavy atom. The van der Waals surface area contributed by atoms with E-state index in [0.717, 1.165) is 24.2 Å². The van der Waals surface area contributed by atoms with Crippen LogP contribution in [0.3, 0.4) is 0 Å². The van der Waals surface area contributed by atoms with E-state index in [4.69, 9.17) is 0 Å². The Balaban J connectivity index is 1.44. The lowest BCUT2D eigenvalue weighted by Gasteiger charge is -2.30. The minimum Gasteiger partial charge on any atom is -0.362 e. The van der Waals surface area contributed by atoms with Crippen molar-refractivity contribution in [2.45, 2.75) is 19.4 Å². The topological polar surface area (TPSA) is 103 Å². The molecule has 0 unspecified atom stereocenters. The molecule has 4 rings (SSSR count). The SMILES string of the molecule is CC(=O)Nc1cccc(NC(=O)C(=O)NC[C@H](c2cccnc2)N2CCc3ccccc32)c1. The summed E-state index contributed by atoms with van der Waals surface area (Å²) in [6.07, 6.45) is 4.41. The second-order valence-electron chi connectivity index (χ2n) is 7.80. The highest BCUT2D eigenvalue weighted by molar-refractivity contribution is 6.39. The van der Waals surface area contributed by atoms with Crippen molar-refractivity contribution in [3.63, 3.8) is 0 Å². The Bertz CT molecular complexity index is 1170. The van der Waals surface area contributed by atoms with Gasteiger partial charge in [-0.25, -0.2) is 0 Å². The molecule has 33 heavy (non-hydrogen) atoms. The summed E-state index contributed by atoms with van der Waals surface area (Å²) in [5, 5.41) is 7.98. The van der Waals surface area contributed by atoms with Crippen LogP contribution in [0.4, 0.5) is 17.1 Å². The summed E-state index contributed by atoms with van der Waals surface area (Å²) >= 11 is 0. The molecule has 8 nitrogen and oxygen atoms in total. The van der Waals surface area contributed by atoms with Crippen LogP contribution in [0, 0.1) is 0 Å². The van der Waals surface area contributed by atoms with Crippen LogP contribution < -0.4 is 20.9 Å². The van der Waals surface area contributed by atoms with Gasteiger partial charge in [0.25, 0.3) is 0 Å². The highest BCUT2D eigenvalue weighted by atomic mass is 16.2. The Kier molecular flexibility index (Phi) is 6.64. The third-order valence-electron chi connectivity index (χ3n) is 5.47. The summed E-state index contributed by atoms with van der Waals surface area (Å²) in [5.74, 6) is -1.73. The van der Waals surface area contributed by atoms with Gasteiger partial charge in [0, 0.05) is 49.5 Å². The molecule has 1 aromatic heterocycles. The molecule has 3 amide bonds. The van der Waals surface area contributed by atoms with Crippen LogP contribution in [0.5, 0.6) is 0 Å². The van der Waals surface area contributed by atoms with E-state index in [0.29, 0.717) is 11.4 Å². The Morgan fingerprint density at radius 2 is 1.76 bits per heavy atom. The highest BCUT2D eigenvalue weighted by Gasteiger charge is 2.28. The van der Waals surface area contributed by atoms with Crippen molar-refractivity contribution in [1.29, 1.82) is 0 Å². The van der Waals surface area contributed by atoms with Gasteiger partial charge in [-0.15, -0.1) is 0 Å². The van der Waals surface area contributed by atoms with E-state index in [1.807, 2.05) is 24.3 Å². The first kappa shape index (κ1) is 22.0. The quantitative estimate of drug-likeness (QED) is 0.509. The number of carbonyl (C=O) groups excluding carboxylic acids is 3. The summed E-state index contributed by atoms with van der Waals surface area (Å²) in [5.41, 5.74) is 4.29. The zero-order valence-corrected chi connectivity index (χ0v) is 18.2. The van der Waals surface area contributed by atoms with Crippen LogP contribution >= 0.6 is 0 Å². The fraction of sp³-hybridized carbons (Fsp3) is 0.200. The zero-order chi connectivity index (χ0) is 23.2. The molecule has 0 aliphatic carbocycles. The Hall–Kier alpha value is -4.20. The van der Waals surface area contributed by atoms with Crippen LogP contribution in [0.2, 0.25) is 0 Å². The van der Waals surface area contributed by atoms with Gasteiger partial charge in [0.05, 0.1) is 6.04 Å². The summed E-state index contributed by atoms with van der Waals surface area (Å²) in [7, 11) is 0. The molecule has 3 N–H and O–H groups in total. The molecular formula is C25H25N5O3. The number of anilines is 3. The van der Waals surface area contributed by atoms with Crippen molar-refractivity contribution >= 4 is 34.8 Å². The molecule has 3 aromatic rings. The lowest BCUT2D eigenvalue weighted by Crippen LogP contribution is -2.41. The Labute approximate surface area is 192 Å². The van der Waals surface area contributed by atoms with Gasteiger partial charge in [0.2, 0.25) is 5.91 Å². The van der Waals surface area contributed by atoms with Crippen molar-refractivity contribution < 1.29 is 14.4 Å². The fourth-order valence-electron chi connectivity index (χ4n) is 4.00. The van der Waals surface area contributed by atoms with E-state index >= 15 is 0 Å². The molecule has 0 radical (unpaired) electrons. The number of nitrogens with one attached hydrogen (secondary N) is 3. The predicted molar refractivity (Wildman–Crippen MR) is 127 cm³/mol. The lowest BCUT2D eigenvalue weighted by molar-refractivity contribution is -0.136. The van der Waals surface area contributed by atoms with Crippen molar-refractivity contribution in [1.82, 2.24) is 10.3 Å². The van der Waals surface area contributed by atoms with Crippen molar-refractivity contribution in [2.75, 3.05) is 28.6 Å². The smallest absolute Gasteiger partial charge is 0.313 e. The van der Waals surface area contributed by atoms with Crippen molar-refractivity contribution in [3.8, 4) is 0 Å². The van der Waals surface area contributed by atoms with Gasteiger partial charge >= 0.3 is 11.8 Å². The second-order valence-corrected chi connectivity index (χ2v) is 7.80. The summed E-state index contributed by atoms with van der Waals surface area (Å²) in [6, 6.07) is 18.5. The minimum atomic E-state index is -0.776. The number of benzene rings is 2. The maximum atomic E-state index is 12.6. The van der Waals surface area contributed by atoms with Gasteiger partial charge in [-0.05, 0) is 47.9 Å². The lowest BCUT2D eigenvalue weighted by atomic mass is 10.1. The first-order chi connectivity index (χ1) is 16.0. The normalized spacial score (nSPS) is 13.1. The van der Waals surface area contributed by atoms with Crippen LogP contribution in [0.25, 0.3) is 0 Å². The van der Waals surface area contributed by atoms with Gasteiger partial charge < -0.3 is 20.9 Å². The van der Waals surface area contributed by atoms with Crippen LogP contribution in [0.15, 0.2) is 73.1 Å². The molecule has 0 fully saturated rings. The largest absolute Gasteiger partial charge is 0.362 e. The molecule has 0 saturated carbocycles. The molecule has 1 atom stereocenters. The molecule has 8 heteroatoms. The number of hydrogen-bond acceptors (Lipinski definition) is 5. The third kappa shape index (κ3) is 5.35.